The largest absolute Gasteiger partial charge is 1.00 e. The van der Waals surface area contributed by atoms with Crippen LogP contribution >= 0.6 is 7.92 Å². The molecular weight excluding hydrogens is 350 g/mol. The molecule has 3 nitrogen and oxygen atoms in total. The molecule has 24 heavy (non-hydrogen) atoms. The molecular formula is C18H22NaO3PS. The van der Waals surface area contributed by atoms with Crippen LogP contribution in [0.2, 0.25) is 0 Å². The second-order valence-corrected chi connectivity index (χ2v) is 9.36. The second kappa shape index (κ2) is 11.4. The Balaban J connectivity index is 0.00000288. The van der Waals surface area contributed by atoms with E-state index in [0.717, 1.165) is 25.4 Å². The van der Waals surface area contributed by atoms with Gasteiger partial charge in [0.15, 0.2) is 0 Å². The van der Waals surface area contributed by atoms with Gasteiger partial charge in [0.25, 0.3) is 0 Å². The standard InChI is InChI=1S/C18H23O3PS.Na/c19-23(20,21)16-10-2-1-9-15-22(17-11-5-3-6-12-17)18-13-7-4-8-14-18;/h3-8,11-14H,1-2,9-10,15-16H2,(H,19,20,21);/q;+1/p-1. The minimum absolute atomic E-state index is 0. The molecule has 0 N–H and O–H groups in total. The van der Waals surface area contributed by atoms with Crippen molar-refractivity contribution in [2.45, 2.75) is 25.7 Å². The molecule has 2 aromatic carbocycles. The maximum absolute atomic E-state index is 10.6. The van der Waals surface area contributed by atoms with Crippen LogP contribution in [0.25, 0.3) is 0 Å². The molecule has 0 aliphatic carbocycles. The van der Waals surface area contributed by atoms with E-state index in [0.29, 0.717) is 6.42 Å². The first-order valence-corrected chi connectivity index (χ1v) is 11.0. The average molecular weight is 372 g/mol. The fraction of sp³-hybridized carbons (Fsp3) is 0.333. The zero-order valence-corrected chi connectivity index (χ0v) is 17.8. The molecule has 2 rings (SSSR count). The van der Waals surface area contributed by atoms with Crippen molar-refractivity contribution in [3.8, 4) is 0 Å². The normalized spacial score (nSPS) is 11.2. The molecule has 0 aliphatic rings. The van der Waals surface area contributed by atoms with Gasteiger partial charge >= 0.3 is 29.6 Å². The number of hydrogen-bond donors (Lipinski definition) is 0. The molecule has 0 radical (unpaired) electrons. The zero-order chi connectivity index (χ0) is 16.5. The summed E-state index contributed by atoms with van der Waals surface area (Å²) in [7, 11) is -4.43. The van der Waals surface area contributed by atoms with E-state index in [4.69, 9.17) is 0 Å². The first kappa shape index (κ1) is 21.8. The molecule has 6 heteroatoms. The van der Waals surface area contributed by atoms with Crippen molar-refractivity contribution in [1.82, 2.24) is 0 Å². The maximum atomic E-state index is 10.6. The van der Waals surface area contributed by atoms with Gasteiger partial charge in [0.1, 0.15) is 0 Å². The summed E-state index contributed by atoms with van der Waals surface area (Å²) >= 11 is 0. The number of rotatable bonds is 9. The van der Waals surface area contributed by atoms with Gasteiger partial charge < -0.3 is 4.55 Å². The Morgan fingerprint density at radius 1 is 0.750 bits per heavy atom. The van der Waals surface area contributed by atoms with E-state index < -0.39 is 10.1 Å². The minimum atomic E-state index is -4.06. The van der Waals surface area contributed by atoms with Gasteiger partial charge in [-0.05, 0) is 37.5 Å². The molecule has 0 heterocycles. The van der Waals surface area contributed by atoms with Crippen LogP contribution in [0.3, 0.4) is 0 Å². The molecule has 0 amide bonds. The topological polar surface area (TPSA) is 57.2 Å². The number of unbranched alkanes of at least 4 members (excludes halogenated alkanes) is 3. The third-order valence-electron chi connectivity index (χ3n) is 3.66. The van der Waals surface area contributed by atoms with Crippen molar-refractivity contribution in [2.24, 2.45) is 0 Å². The quantitative estimate of drug-likeness (QED) is 0.274. The van der Waals surface area contributed by atoms with Crippen molar-refractivity contribution in [3.63, 3.8) is 0 Å². The van der Waals surface area contributed by atoms with Gasteiger partial charge in [-0.1, -0.05) is 73.5 Å². The molecule has 0 spiro atoms. The summed E-state index contributed by atoms with van der Waals surface area (Å²) in [6, 6.07) is 21.1. The van der Waals surface area contributed by atoms with E-state index in [1.807, 2.05) is 12.1 Å². The Morgan fingerprint density at radius 2 is 1.21 bits per heavy atom. The van der Waals surface area contributed by atoms with E-state index in [1.54, 1.807) is 0 Å². The Hall–Kier alpha value is -0.220. The van der Waals surface area contributed by atoms with Crippen molar-refractivity contribution in [1.29, 1.82) is 0 Å². The van der Waals surface area contributed by atoms with Crippen LogP contribution in [0.5, 0.6) is 0 Å². The van der Waals surface area contributed by atoms with Crippen LogP contribution in [-0.4, -0.2) is 24.9 Å². The van der Waals surface area contributed by atoms with Gasteiger partial charge in [-0.15, -0.1) is 0 Å². The summed E-state index contributed by atoms with van der Waals surface area (Å²) in [6.07, 6.45) is 4.38. The monoisotopic (exact) mass is 372 g/mol. The molecule has 0 saturated carbocycles. The molecule has 0 fully saturated rings. The minimum Gasteiger partial charge on any atom is -0.748 e. The van der Waals surface area contributed by atoms with Crippen molar-refractivity contribution >= 4 is 28.6 Å². The van der Waals surface area contributed by atoms with Crippen molar-refractivity contribution < 1.29 is 42.5 Å². The van der Waals surface area contributed by atoms with Gasteiger partial charge in [0, 0.05) is 5.75 Å². The fourth-order valence-electron chi connectivity index (χ4n) is 2.53. The summed E-state index contributed by atoms with van der Waals surface area (Å²) in [5.74, 6) is -0.237. The summed E-state index contributed by atoms with van der Waals surface area (Å²) in [6.45, 7) is 0. The number of benzene rings is 2. The van der Waals surface area contributed by atoms with Gasteiger partial charge in [-0.25, -0.2) is 8.42 Å². The maximum Gasteiger partial charge on any atom is 1.00 e. The molecule has 124 valence electrons. The van der Waals surface area contributed by atoms with E-state index in [2.05, 4.69) is 48.5 Å². The molecule has 2 aromatic rings. The first-order chi connectivity index (χ1) is 11.1. The van der Waals surface area contributed by atoms with Gasteiger partial charge in [0.2, 0.25) is 0 Å². The SMILES string of the molecule is O=S(=O)([O-])CCCCCCP(c1ccccc1)c1ccccc1.[Na+]. The molecule has 0 saturated heterocycles. The third kappa shape index (κ3) is 8.24. The molecule has 0 aliphatic heterocycles. The van der Waals surface area contributed by atoms with Crippen LogP contribution in [0.4, 0.5) is 0 Å². The Bertz CT molecular complexity index is 638. The Morgan fingerprint density at radius 3 is 1.67 bits per heavy atom. The molecule has 0 bridgehead atoms. The first-order valence-electron chi connectivity index (χ1n) is 7.87. The molecule has 0 unspecified atom stereocenters. The van der Waals surface area contributed by atoms with E-state index >= 15 is 0 Å². The van der Waals surface area contributed by atoms with E-state index in [1.165, 1.54) is 10.6 Å². The van der Waals surface area contributed by atoms with Crippen LogP contribution < -0.4 is 40.2 Å². The summed E-state index contributed by atoms with van der Waals surface area (Å²) < 4.78 is 31.8. The van der Waals surface area contributed by atoms with Crippen LogP contribution in [0.15, 0.2) is 60.7 Å². The average Bonchev–Trinajstić information content (AvgIpc) is 2.55. The Labute approximate surface area is 168 Å². The van der Waals surface area contributed by atoms with Crippen LogP contribution in [0.1, 0.15) is 25.7 Å². The van der Waals surface area contributed by atoms with Gasteiger partial charge in [-0.3, -0.25) is 0 Å². The summed E-state index contributed by atoms with van der Waals surface area (Å²) in [4.78, 5) is 0. The fourth-order valence-corrected chi connectivity index (χ4v) is 5.50. The summed E-state index contributed by atoms with van der Waals surface area (Å²) in [5, 5.41) is 2.74. The van der Waals surface area contributed by atoms with Gasteiger partial charge in [0.05, 0.1) is 10.1 Å². The van der Waals surface area contributed by atoms with E-state index in [9.17, 15) is 13.0 Å². The van der Waals surface area contributed by atoms with E-state index in [-0.39, 0.29) is 43.2 Å². The third-order valence-corrected chi connectivity index (χ3v) is 7.06. The van der Waals surface area contributed by atoms with Crippen molar-refractivity contribution in [3.05, 3.63) is 60.7 Å². The second-order valence-electron chi connectivity index (χ2n) is 5.50. The summed E-state index contributed by atoms with van der Waals surface area (Å²) in [5.41, 5.74) is 0. The smallest absolute Gasteiger partial charge is 0.748 e. The zero-order valence-electron chi connectivity index (χ0n) is 14.1. The number of hydrogen-bond acceptors (Lipinski definition) is 3. The predicted octanol–water partition coefficient (Wildman–Crippen LogP) is 0.229. The van der Waals surface area contributed by atoms with Gasteiger partial charge in [-0.2, -0.15) is 0 Å². The predicted molar refractivity (Wildman–Crippen MR) is 97.0 cm³/mol. The molecule has 0 aromatic heterocycles. The van der Waals surface area contributed by atoms with Crippen LogP contribution in [-0.2, 0) is 10.1 Å². The molecule has 0 atom stereocenters. The Kier molecular flexibility index (Phi) is 10.4. The van der Waals surface area contributed by atoms with Crippen LogP contribution in [0, 0.1) is 0 Å². The van der Waals surface area contributed by atoms with Crippen molar-refractivity contribution in [2.75, 3.05) is 11.9 Å².